The first-order chi connectivity index (χ1) is 22.9. The van der Waals surface area contributed by atoms with Crippen LogP contribution in [-0.2, 0) is 6.42 Å². The molecule has 1 aliphatic carbocycles. The number of nitrogens with zero attached hydrogens (tertiary/aromatic N) is 2. The standard InChI is InChI=1S/C45H34N2/c1-26-9-15-40-36(19-26)37-20-27(2)10-16-41(37)46(40)32-13-14-33-30(24-32)23-31-25-44(34-7-5-6-8-35(34)45(31)33)47-42-17-11-28(3)21-38(42)39-22-29(4)12-18-43(39)47/h5-22,24-25H,23H2,1-4H3. The summed E-state index contributed by atoms with van der Waals surface area (Å²) in [6, 6.07) is 46.1. The van der Waals surface area contributed by atoms with Crippen molar-refractivity contribution in [2.45, 2.75) is 34.1 Å². The van der Waals surface area contributed by atoms with E-state index in [4.69, 9.17) is 0 Å². The van der Waals surface area contributed by atoms with Crippen LogP contribution in [-0.4, -0.2) is 9.13 Å². The number of fused-ring (bicyclic) bond motifs is 11. The highest BCUT2D eigenvalue weighted by molar-refractivity contribution is 6.13. The highest BCUT2D eigenvalue weighted by Gasteiger charge is 2.25. The van der Waals surface area contributed by atoms with E-state index in [1.807, 2.05) is 0 Å². The molecule has 0 saturated carbocycles. The van der Waals surface area contributed by atoms with Crippen molar-refractivity contribution in [3.63, 3.8) is 0 Å². The third-order valence-electron chi connectivity index (χ3n) is 10.5. The predicted octanol–water partition coefficient (Wildman–Crippen LogP) is 11.8. The summed E-state index contributed by atoms with van der Waals surface area (Å²) in [4.78, 5) is 0. The third kappa shape index (κ3) is 3.73. The summed E-state index contributed by atoms with van der Waals surface area (Å²) in [5.41, 5.74) is 18.2. The van der Waals surface area contributed by atoms with Crippen molar-refractivity contribution in [2.24, 2.45) is 0 Å². The van der Waals surface area contributed by atoms with Crippen molar-refractivity contribution in [3.05, 3.63) is 155 Å². The first-order valence-electron chi connectivity index (χ1n) is 16.6. The largest absolute Gasteiger partial charge is 0.309 e. The van der Waals surface area contributed by atoms with Gasteiger partial charge in [-0.15, -0.1) is 0 Å². The van der Waals surface area contributed by atoms with E-state index in [9.17, 15) is 0 Å². The highest BCUT2D eigenvalue weighted by atomic mass is 15.0. The molecule has 0 radical (unpaired) electrons. The molecule has 0 saturated heterocycles. The van der Waals surface area contributed by atoms with Crippen molar-refractivity contribution in [1.82, 2.24) is 9.13 Å². The molecule has 2 heterocycles. The number of hydrogen-bond acceptors (Lipinski definition) is 0. The van der Waals surface area contributed by atoms with E-state index < -0.39 is 0 Å². The van der Waals surface area contributed by atoms with Gasteiger partial charge in [0.25, 0.3) is 0 Å². The molecular weight excluding hydrogens is 569 g/mol. The first kappa shape index (κ1) is 26.6. The van der Waals surface area contributed by atoms with Crippen LogP contribution in [0.4, 0.5) is 0 Å². The Bertz CT molecular complexity index is 2690. The molecule has 2 heteroatoms. The molecule has 0 atom stereocenters. The molecular formula is C45H34N2. The minimum atomic E-state index is 0.918. The van der Waals surface area contributed by atoms with E-state index in [0.717, 1.165) is 6.42 Å². The number of hydrogen-bond donors (Lipinski definition) is 0. The van der Waals surface area contributed by atoms with Crippen LogP contribution in [0.25, 0.3) is 76.9 Å². The van der Waals surface area contributed by atoms with Gasteiger partial charge in [0.15, 0.2) is 0 Å². The lowest BCUT2D eigenvalue weighted by molar-refractivity contribution is 1.15. The number of benzene rings is 7. The lowest BCUT2D eigenvalue weighted by Crippen LogP contribution is -1.98. The summed E-state index contributed by atoms with van der Waals surface area (Å²) in [5.74, 6) is 0. The molecule has 0 N–H and O–H groups in total. The van der Waals surface area contributed by atoms with Crippen molar-refractivity contribution >= 4 is 54.4 Å². The monoisotopic (exact) mass is 602 g/mol. The molecule has 0 bridgehead atoms. The van der Waals surface area contributed by atoms with Crippen LogP contribution in [0.15, 0.2) is 121 Å². The molecule has 1 aliphatic rings. The smallest absolute Gasteiger partial charge is 0.0543 e. The van der Waals surface area contributed by atoms with Crippen LogP contribution >= 0.6 is 0 Å². The van der Waals surface area contributed by atoms with E-state index in [0.29, 0.717) is 0 Å². The zero-order valence-corrected chi connectivity index (χ0v) is 27.1. The van der Waals surface area contributed by atoms with E-state index in [1.54, 1.807) is 0 Å². The Hall–Kier alpha value is -5.60. The molecule has 224 valence electrons. The minimum Gasteiger partial charge on any atom is -0.309 e. The Morgan fingerprint density at radius 3 is 1.43 bits per heavy atom. The normalized spacial score (nSPS) is 12.6. The Balaban J connectivity index is 1.20. The lowest BCUT2D eigenvalue weighted by atomic mass is 9.96. The Labute approximate surface area is 274 Å². The zero-order chi connectivity index (χ0) is 31.6. The van der Waals surface area contributed by atoms with Crippen LogP contribution in [0.5, 0.6) is 0 Å². The van der Waals surface area contributed by atoms with Crippen molar-refractivity contribution in [3.8, 4) is 22.5 Å². The highest BCUT2D eigenvalue weighted by Crippen LogP contribution is 2.46. The second-order valence-electron chi connectivity index (χ2n) is 13.7. The summed E-state index contributed by atoms with van der Waals surface area (Å²) in [6.45, 7) is 8.75. The fourth-order valence-electron chi connectivity index (χ4n) is 8.41. The summed E-state index contributed by atoms with van der Waals surface area (Å²) in [6.07, 6.45) is 0.918. The first-order valence-corrected chi connectivity index (χ1v) is 16.6. The molecule has 47 heavy (non-hydrogen) atoms. The molecule has 0 unspecified atom stereocenters. The molecule has 10 rings (SSSR count). The molecule has 0 amide bonds. The van der Waals surface area contributed by atoms with Gasteiger partial charge in [0.1, 0.15) is 0 Å². The summed E-state index contributed by atoms with van der Waals surface area (Å²) < 4.78 is 4.96. The second kappa shape index (κ2) is 9.47. The van der Waals surface area contributed by atoms with E-state index in [1.165, 1.54) is 110 Å². The van der Waals surface area contributed by atoms with Crippen molar-refractivity contribution in [1.29, 1.82) is 0 Å². The SMILES string of the molecule is Cc1ccc2c(c1)c1cc(C)ccc1n2-c1ccc2c(c1)Cc1cc(-n3c4ccc(C)cc4c4cc(C)ccc43)c3ccccc3c1-2. The summed E-state index contributed by atoms with van der Waals surface area (Å²) in [5, 5.41) is 7.88. The number of rotatable bonds is 2. The van der Waals surface area contributed by atoms with Gasteiger partial charge in [0, 0.05) is 32.6 Å². The van der Waals surface area contributed by atoms with Crippen molar-refractivity contribution in [2.75, 3.05) is 0 Å². The molecule has 0 spiro atoms. The topological polar surface area (TPSA) is 9.86 Å². The van der Waals surface area contributed by atoms with Gasteiger partial charge >= 0.3 is 0 Å². The van der Waals surface area contributed by atoms with Gasteiger partial charge in [-0.05, 0) is 128 Å². The van der Waals surface area contributed by atoms with E-state index >= 15 is 0 Å². The van der Waals surface area contributed by atoms with Crippen LogP contribution < -0.4 is 0 Å². The quantitative estimate of drug-likeness (QED) is 0.186. The van der Waals surface area contributed by atoms with Gasteiger partial charge in [0.05, 0.1) is 27.8 Å². The molecule has 2 aromatic heterocycles. The maximum absolute atomic E-state index is 2.50. The maximum Gasteiger partial charge on any atom is 0.0543 e. The lowest BCUT2D eigenvalue weighted by Gasteiger charge is -2.16. The van der Waals surface area contributed by atoms with Crippen LogP contribution in [0.2, 0.25) is 0 Å². The maximum atomic E-state index is 2.50. The van der Waals surface area contributed by atoms with Gasteiger partial charge in [-0.3, -0.25) is 0 Å². The minimum absolute atomic E-state index is 0.918. The fraction of sp³-hybridized carbons (Fsp3) is 0.111. The fourth-order valence-corrected chi connectivity index (χ4v) is 8.41. The molecule has 9 aromatic rings. The number of aryl methyl sites for hydroxylation is 4. The molecule has 7 aromatic carbocycles. The van der Waals surface area contributed by atoms with Crippen LogP contribution in [0.1, 0.15) is 33.4 Å². The molecule has 0 fully saturated rings. The van der Waals surface area contributed by atoms with Gasteiger partial charge in [-0.1, -0.05) is 76.9 Å². The second-order valence-corrected chi connectivity index (χ2v) is 13.7. The third-order valence-corrected chi connectivity index (χ3v) is 10.5. The Morgan fingerprint density at radius 2 is 0.894 bits per heavy atom. The van der Waals surface area contributed by atoms with Gasteiger partial charge in [0.2, 0.25) is 0 Å². The Kier molecular flexibility index (Phi) is 5.36. The number of aromatic nitrogens is 2. The summed E-state index contributed by atoms with van der Waals surface area (Å²) in [7, 11) is 0. The Morgan fingerprint density at radius 1 is 0.404 bits per heavy atom. The van der Waals surface area contributed by atoms with Crippen molar-refractivity contribution < 1.29 is 0 Å². The van der Waals surface area contributed by atoms with Gasteiger partial charge in [-0.2, -0.15) is 0 Å². The molecule has 2 nitrogen and oxygen atoms in total. The van der Waals surface area contributed by atoms with Gasteiger partial charge < -0.3 is 9.13 Å². The van der Waals surface area contributed by atoms with Crippen LogP contribution in [0.3, 0.4) is 0 Å². The van der Waals surface area contributed by atoms with E-state index in [2.05, 4.69) is 158 Å². The average Bonchev–Trinajstić information content (AvgIpc) is 3.70. The summed E-state index contributed by atoms with van der Waals surface area (Å²) >= 11 is 0. The predicted molar refractivity (Wildman–Crippen MR) is 200 cm³/mol. The van der Waals surface area contributed by atoms with Crippen LogP contribution in [0, 0.1) is 27.7 Å². The zero-order valence-electron chi connectivity index (χ0n) is 27.1. The van der Waals surface area contributed by atoms with Gasteiger partial charge in [-0.25, -0.2) is 0 Å². The average molecular weight is 603 g/mol. The van der Waals surface area contributed by atoms with E-state index in [-0.39, 0.29) is 0 Å². The molecule has 0 aliphatic heterocycles.